The smallest absolute Gasteiger partial charge is 0.326 e. The molecule has 0 radical (unpaired) electrons. The van der Waals surface area contributed by atoms with Gasteiger partial charge in [-0.3, -0.25) is 14.6 Å². The Morgan fingerprint density at radius 3 is 2.09 bits per heavy atom. The summed E-state index contributed by atoms with van der Waals surface area (Å²) in [5.41, 5.74) is 4.49. The largest absolute Gasteiger partial charge is 0.485 e. The van der Waals surface area contributed by atoms with E-state index in [1.165, 1.54) is 0 Å². The fraction of sp³-hybridized carbons (Fsp3) is 0. The lowest BCUT2D eigenvalue weighted by Gasteiger charge is -2.05. The van der Waals surface area contributed by atoms with Gasteiger partial charge in [-0.1, -0.05) is 0 Å². The molecular weight excluding hydrogens is 219 g/mol. The molecule has 3 unspecified atom stereocenters. The highest BCUT2D eigenvalue weighted by Crippen LogP contribution is 2.55. The second kappa shape index (κ2) is 4.50. The Hall–Kier alpha value is 0.490. The van der Waals surface area contributed by atoms with E-state index in [1.807, 2.05) is 0 Å². The van der Waals surface area contributed by atoms with Gasteiger partial charge in [0.1, 0.15) is 0 Å². The average Bonchev–Trinajstić information content (AvgIpc) is 1.53. The van der Waals surface area contributed by atoms with E-state index in [-0.39, 0.29) is 0 Å². The fourth-order valence-corrected chi connectivity index (χ4v) is 2.41. The molecule has 0 saturated carbocycles. The van der Waals surface area contributed by atoms with Crippen LogP contribution in [0.3, 0.4) is 0 Å². The zero-order valence-corrected chi connectivity index (χ0v) is 7.85. The molecule has 0 aromatic carbocycles. The Morgan fingerprint density at radius 2 is 1.82 bits per heavy atom. The Kier molecular flexibility index (Phi) is 4.70. The lowest BCUT2D eigenvalue weighted by Crippen LogP contribution is -1.86. The van der Waals surface area contributed by atoms with Crippen molar-refractivity contribution in [2.75, 3.05) is 0 Å². The van der Waals surface area contributed by atoms with Gasteiger partial charge in [0, 0.05) is 0 Å². The van der Waals surface area contributed by atoms with Crippen LogP contribution in [0.1, 0.15) is 0 Å². The fourth-order valence-electron chi connectivity index (χ4n) is 0.231. The lowest BCUT2D eigenvalue weighted by atomic mass is 13.9. The van der Waals surface area contributed by atoms with Crippen LogP contribution >= 0.6 is 24.3 Å². The lowest BCUT2D eigenvalue weighted by molar-refractivity contribution is 0.284. The van der Waals surface area contributed by atoms with Crippen molar-refractivity contribution >= 4 is 24.3 Å². The van der Waals surface area contributed by atoms with Crippen molar-refractivity contribution < 1.29 is 32.1 Å². The zero-order valence-electron chi connectivity index (χ0n) is 4.96. The van der Waals surface area contributed by atoms with E-state index in [4.69, 9.17) is 9.79 Å². The van der Waals surface area contributed by atoms with Crippen LogP contribution in [0.4, 0.5) is 0 Å². The first-order chi connectivity index (χ1) is 4.83. The van der Waals surface area contributed by atoms with Crippen LogP contribution < -0.4 is 5.50 Å². The molecule has 0 aliphatic rings. The van der Waals surface area contributed by atoms with Crippen molar-refractivity contribution in [3.8, 4) is 0 Å². The average molecular weight is 225 g/mol. The molecule has 0 rings (SSSR count). The summed E-state index contributed by atoms with van der Waals surface area (Å²) in [4.78, 5) is 16.4. The summed E-state index contributed by atoms with van der Waals surface area (Å²) in [6, 6.07) is 0. The van der Waals surface area contributed by atoms with Crippen molar-refractivity contribution in [1.29, 1.82) is 0 Å². The van der Waals surface area contributed by atoms with Gasteiger partial charge in [0.2, 0.25) is 0 Å². The van der Waals surface area contributed by atoms with Crippen LogP contribution in [-0.4, -0.2) is 9.79 Å². The maximum Gasteiger partial charge on any atom is 0.485 e. The van der Waals surface area contributed by atoms with E-state index in [0.29, 0.717) is 0 Å². The molecular formula is H6NO7P3. The first kappa shape index (κ1) is 11.5. The topological polar surface area (TPSA) is 136 Å². The molecule has 0 saturated heterocycles. The minimum absolute atomic E-state index is 3.16. The van der Waals surface area contributed by atoms with Gasteiger partial charge in [0.15, 0.2) is 0 Å². The monoisotopic (exact) mass is 225 g/mol. The minimum atomic E-state index is -4.71. The van der Waals surface area contributed by atoms with E-state index in [1.54, 1.807) is 0 Å². The number of hydrogen-bond acceptors (Lipinski definition) is 5. The van der Waals surface area contributed by atoms with E-state index >= 15 is 0 Å². The van der Waals surface area contributed by atoms with Gasteiger partial charge in [-0.2, -0.15) is 0 Å². The summed E-state index contributed by atoms with van der Waals surface area (Å²) in [7, 11) is -11.5. The number of phosphoric acid groups is 1. The standard InChI is InChI=1S/H6NO7P3/c1-9(2)7-11(5,6)8-10(3)4/h9-10H,(H2,1,2)(H,3,4)(H,5,6). The van der Waals surface area contributed by atoms with E-state index < -0.39 is 24.3 Å². The van der Waals surface area contributed by atoms with Gasteiger partial charge in [-0.15, -0.1) is 0 Å². The van der Waals surface area contributed by atoms with Gasteiger partial charge >= 0.3 is 16.1 Å². The third kappa shape index (κ3) is 6.87. The molecule has 3 atom stereocenters. The molecule has 8 nitrogen and oxygen atoms in total. The molecule has 0 aromatic heterocycles. The minimum Gasteiger partial charge on any atom is -0.326 e. The molecule has 68 valence electrons. The van der Waals surface area contributed by atoms with E-state index in [2.05, 4.69) is 14.1 Å². The third-order valence-corrected chi connectivity index (χ3v) is 3.59. The van der Waals surface area contributed by atoms with Crippen molar-refractivity contribution in [3.05, 3.63) is 0 Å². The molecule has 0 heterocycles. The van der Waals surface area contributed by atoms with Crippen LogP contribution in [-0.2, 0) is 22.3 Å². The summed E-state index contributed by atoms with van der Waals surface area (Å²) in [6.07, 6.45) is 0. The summed E-state index contributed by atoms with van der Waals surface area (Å²) in [5, 5.41) is 0. The molecule has 0 fully saturated rings. The molecule has 0 aromatic rings. The van der Waals surface area contributed by atoms with Crippen molar-refractivity contribution in [1.82, 2.24) is 0 Å². The molecule has 11 heavy (non-hydrogen) atoms. The predicted molar refractivity (Wildman–Crippen MR) is 36.4 cm³/mol. The molecule has 0 amide bonds. The summed E-state index contributed by atoms with van der Waals surface area (Å²) in [6.45, 7) is 0. The quantitative estimate of drug-likeness (QED) is 0.561. The number of rotatable bonds is 4. The Bertz CT molecular complexity index is 200. The van der Waals surface area contributed by atoms with Crippen molar-refractivity contribution in [2.45, 2.75) is 0 Å². The van der Waals surface area contributed by atoms with Crippen LogP contribution in [0.2, 0.25) is 0 Å². The van der Waals surface area contributed by atoms with Gasteiger partial charge < -0.3 is 9.79 Å². The number of hydrogen-bond donors (Lipinski definition) is 3. The van der Waals surface area contributed by atoms with Crippen molar-refractivity contribution in [2.24, 2.45) is 5.50 Å². The molecule has 0 bridgehead atoms. The van der Waals surface area contributed by atoms with Gasteiger partial charge in [-0.25, -0.2) is 13.2 Å². The Morgan fingerprint density at radius 1 is 1.36 bits per heavy atom. The highest BCUT2D eigenvalue weighted by atomic mass is 31.3. The van der Waals surface area contributed by atoms with Gasteiger partial charge in [-0.05, 0) is 0 Å². The van der Waals surface area contributed by atoms with Gasteiger partial charge in [0.25, 0.3) is 8.18 Å². The highest BCUT2D eigenvalue weighted by molar-refractivity contribution is 7.61. The first-order valence-electron chi connectivity index (χ1n) is 2.08. The second-order valence-corrected chi connectivity index (χ2v) is 4.80. The molecule has 0 spiro atoms. The summed E-state index contributed by atoms with van der Waals surface area (Å²) >= 11 is 0. The molecule has 4 N–H and O–H groups in total. The van der Waals surface area contributed by atoms with E-state index in [9.17, 15) is 13.7 Å². The van der Waals surface area contributed by atoms with Crippen molar-refractivity contribution in [3.63, 3.8) is 0 Å². The maximum absolute atomic E-state index is 10.4. The zero-order chi connectivity index (χ0) is 9.07. The first-order valence-corrected chi connectivity index (χ1v) is 6.23. The van der Waals surface area contributed by atoms with Crippen LogP contribution in [0.15, 0.2) is 0 Å². The summed E-state index contributed by atoms with van der Waals surface area (Å²) in [5.74, 6) is 0. The maximum atomic E-state index is 10.4. The second-order valence-electron chi connectivity index (χ2n) is 1.24. The van der Waals surface area contributed by atoms with Crippen LogP contribution in [0.5, 0.6) is 0 Å². The third-order valence-electron chi connectivity index (χ3n) is 0.399. The SMILES string of the molecule is N[PH](=O)OP(=O)(O)O[PH](=O)O. The number of nitrogens with two attached hydrogens (primary N) is 1. The molecule has 11 heteroatoms. The highest BCUT2D eigenvalue weighted by Gasteiger charge is 2.25. The molecule has 0 aliphatic heterocycles. The van der Waals surface area contributed by atoms with E-state index in [0.717, 1.165) is 0 Å². The normalized spacial score (nSPS) is 22.1. The van der Waals surface area contributed by atoms with Crippen LogP contribution in [0.25, 0.3) is 0 Å². The Balaban J connectivity index is 4.12. The van der Waals surface area contributed by atoms with Crippen LogP contribution in [0, 0.1) is 0 Å². The Labute approximate surface area is 62.8 Å². The van der Waals surface area contributed by atoms with Gasteiger partial charge in [0.05, 0.1) is 0 Å². The summed E-state index contributed by atoms with van der Waals surface area (Å²) < 4.78 is 37.3. The molecule has 0 aliphatic carbocycles. The predicted octanol–water partition coefficient (Wildman–Crippen LogP) is -0.150.